The fraction of sp³-hybridized carbons (Fsp3) is 0.591. The minimum absolute atomic E-state index is 0.194. The average Bonchev–Trinajstić information content (AvgIpc) is 3.10. The van der Waals surface area contributed by atoms with Crippen molar-refractivity contribution in [2.75, 3.05) is 32.9 Å². The van der Waals surface area contributed by atoms with Gasteiger partial charge in [0.25, 0.3) is 0 Å². The van der Waals surface area contributed by atoms with Gasteiger partial charge in [0.2, 0.25) is 5.91 Å². The summed E-state index contributed by atoms with van der Waals surface area (Å²) in [5.74, 6) is 2.31. The number of carbonyl (C=O) groups is 1. The van der Waals surface area contributed by atoms with E-state index in [1.54, 1.807) is 0 Å². The zero-order valence-electron chi connectivity index (χ0n) is 18.0. The Morgan fingerprint density at radius 1 is 1.21 bits per heavy atom. The largest absolute Gasteiger partial charge is 0.342 e. The summed E-state index contributed by atoms with van der Waals surface area (Å²) in [6.07, 6.45) is 3.16. The van der Waals surface area contributed by atoms with E-state index in [0.717, 1.165) is 49.3 Å². The predicted octanol–water partition coefficient (Wildman–Crippen LogP) is 3.69. The van der Waals surface area contributed by atoms with Crippen molar-refractivity contribution in [3.8, 4) is 0 Å². The second-order valence-electron chi connectivity index (χ2n) is 8.15. The fourth-order valence-electron chi connectivity index (χ4n) is 3.82. The van der Waals surface area contributed by atoms with Crippen LogP contribution in [0.15, 0.2) is 35.5 Å². The molecular weight excluding hydrogens is 382 g/mol. The van der Waals surface area contributed by atoms with Crippen molar-refractivity contribution in [1.29, 1.82) is 0 Å². The topological polar surface area (TPSA) is 54.3 Å². The first-order valence-electron chi connectivity index (χ1n) is 10.5. The summed E-state index contributed by atoms with van der Waals surface area (Å²) in [7, 11) is 4.15. The number of hydrogen-bond donors (Lipinski definition) is 0. The van der Waals surface area contributed by atoms with Gasteiger partial charge < -0.3 is 9.47 Å². The second kappa shape index (κ2) is 10.3. The molecule has 1 aromatic heterocycles. The number of carbonyl (C=O) groups excluding carboxylic acids is 1. The van der Waals surface area contributed by atoms with E-state index >= 15 is 0 Å². The zero-order valence-corrected chi connectivity index (χ0v) is 18.9. The van der Waals surface area contributed by atoms with E-state index in [1.165, 1.54) is 17.3 Å². The van der Waals surface area contributed by atoms with Crippen LogP contribution < -0.4 is 0 Å². The zero-order chi connectivity index (χ0) is 20.8. The number of hydrogen-bond acceptors (Lipinski definition) is 5. The lowest BCUT2D eigenvalue weighted by atomic mass is 9.99. The molecule has 1 aliphatic heterocycles. The SMILES string of the molecule is CC[C@H](c1nnc(SCC(=O)N2CCC(C)CC2)n1Cc1ccccc1)N(C)C. The maximum atomic E-state index is 12.7. The molecule has 0 bridgehead atoms. The molecule has 0 spiro atoms. The molecule has 1 atom stereocenters. The molecule has 29 heavy (non-hydrogen) atoms. The van der Waals surface area contributed by atoms with E-state index in [1.807, 2.05) is 11.0 Å². The third-order valence-electron chi connectivity index (χ3n) is 5.70. The molecule has 1 fully saturated rings. The molecule has 1 aliphatic rings. The first-order valence-corrected chi connectivity index (χ1v) is 11.5. The van der Waals surface area contributed by atoms with Crippen molar-refractivity contribution in [2.24, 2.45) is 5.92 Å². The molecule has 7 heteroatoms. The van der Waals surface area contributed by atoms with E-state index in [-0.39, 0.29) is 11.9 Å². The lowest BCUT2D eigenvalue weighted by molar-refractivity contribution is -0.129. The Morgan fingerprint density at radius 3 is 2.52 bits per heavy atom. The lowest BCUT2D eigenvalue weighted by Crippen LogP contribution is -2.38. The summed E-state index contributed by atoms with van der Waals surface area (Å²) in [4.78, 5) is 16.9. The van der Waals surface area contributed by atoms with Crippen LogP contribution in [-0.2, 0) is 11.3 Å². The highest BCUT2D eigenvalue weighted by molar-refractivity contribution is 7.99. The molecule has 2 heterocycles. The van der Waals surface area contributed by atoms with Crippen molar-refractivity contribution in [3.05, 3.63) is 41.7 Å². The van der Waals surface area contributed by atoms with Crippen LogP contribution >= 0.6 is 11.8 Å². The maximum absolute atomic E-state index is 12.7. The fourth-order valence-corrected chi connectivity index (χ4v) is 4.67. The number of rotatable bonds is 8. The van der Waals surface area contributed by atoms with Gasteiger partial charge in [0.05, 0.1) is 18.3 Å². The highest BCUT2D eigenvalue weighted by Gasteiger charge is 2.24. The molecule has 1 amide bonds. The smallest absolute Gasteiger partial charge is 0.233 e. The van der Waals surface area contributed by atoms with E-state index in [9.17, 15) is 4.79 Å². The van der Waals surface area contributed by atoms with Crippen LogP contribution in [0.25, 0.3) is 0 Å². The lowest BCUT2D eigenvalue weighted by Gasteiger charge is -2.30. The highest BCUT2D eigenvalue weighted by Crippen LogP contribution is 2.27. The Bertz CT molecular complexity index is 784. The molecule has 3 rings (SSSR count). The van der Waals surface area contributed by atoms with E-state index in [2.05, 4.69) is 71.9 Å². The van der Waals surface area contributed by atoms with Crippen LogP contribution in [0.2, 0.25) is 0 Å². The van der Waals surface area contributed by atoms with Crippen molar-refractivity contribution in [3.63, 3.8) is 0 Å². The minimum Gasteiger partial charge on any atom is -0.342 e. The molecule has 1 aromatic carbocycles. The van der Waals surface area contributed by atoms with Gasteiger partial charge in [-0.1, -0.05) is 55.9 Å². The third kappa shape index (κ3) is 5.60. The Hall–Kier alpha value is -1.86. The second-order valence-corrected chi connectivity index (χ2v) is 9.09. The normalized spacial score (nSPS) is 16.4. The predicted molar refractivity (Wildman–Crippen MR) is 118 cm³/mol. The van der Waals surface area contributed by atoms with Gasteiger partial charge in [-0.15, -0.1) is 10.2 Å². The van der Waals surface area contributed by atoms with Crippen molar-refractivity contribution in [1.82, 2.24) is 24.6 Å². The first kappa shape index (κ1) is 21.8. The van der Waals surface area contributed by atoms with Crippen LogP contribution in [0.1, 0.15) is 50.5 Å². The molecule has 0 saturated carbocycles. The van der Waals surface area contributed by atoms with Crippen LogP contribution in [0, 0.1) is 5.92 Å². The van der Waals surface area contributed by atoms with Gasteiger partial charge in [0.1, 0.15) is 0 Å². The quantitative estimate of drug-likeness (QED) is 0.616. The van der Waals surface area contributed by atoms with Crippen LogP contribution in [0.3, 0.4) is 0 Å². The molecule has 6 nitrogen and oxygen atoms in total. The summed E-state index contributed by atoms with van der Waals surface area (Å²) in [6.45, 7) is 6.90. The molecule has 0 radical (unpaired) electrons. The molecule has 1 saturated heterocycles. The highest BCUT2D eigenvalue weighted by atomic mass is 32.2. The summed E-state index contributed by atoms with van der Waals surface area (Å²) in [6, 6.07) is 10.6. The van der Waals surface area contributed by atoms with Gasteiger partial charge in [-0.25, -0.2) is 0 Å². The first-order chi connectivity index (χ1) is 14.0. The van der Waals surface area contributed by atoms with E-state index in [0.29, 0.717) is 12.3 Å². The Kier molecular flexibility index (Phi) is 7.72. The Balaban J connectivity index is 1.76. The van der Waals surface area contributed by atoms with Crippen LogP contribution in [0.5, 0.6) is 0 Å². The van der Waals surface area contributed by atoms with Gasteiger partial charge in [-0.05, 0) is 44.8 Å². The number of amides is 1. The van der Waals surface area contributed by atoms with Crippen molar-refractivity contribution < 1.29 is 4.79 Å². The van der Waals surface area contributed by atoms with Gasteiger partial charge in [0, 0.05) is 13.1 Å². The minimum atomic E-state index is 0.194. The summed E-state index contributed by atoms with van der Waals surface area (Å²) < 4.78 is 2.18. The summed E-state index contributed by atoms with van der Waals surface area (Å²) in [5.41, 5.74) is 1.21. The number of benzene rings is 1. The van der Waals surface area contributed by atoms with E-state index in [4.69, 9.17) is 0 Å². The molecular formula is C22H33N5OS. The number of thioether (sulfide) groups is 1. The molecule has 158 valence electrons. The van der Waals surface area contributed by atoms with Crippen molar-refractivity contribution >= 4 is 17.7 Å². The maximum Gasteiger partial charge on any atom is 0.233 e. The number of likely N-dealkylation sites (tertiary alicyclic amines) is 1. The Labute approximate surface area is 178 Å². The van der Waals surface area contributed by atoms with E-state index < -0.39 is 0 Å². The molecule has 0 unspecified atom stereocenters. The molecule has 0 aliphatic carbocycles. The Morgan fingerprint density at radius 2 is 1.90 bits per heavy atom. The van der Waals surface area contributed by atoms with Gasteiger partial charge >= 0.3 is 0 Å². The van der Waals surface area contributed by atoms with Gasteiger partial charge in [-0.2, -0.15) is 0 Å². The summed E-state index contributed by atoms with van der Waals surface area (Å²) >= 11 is 1.51. The number of aromatic nitrogens is 3. The molecule has 2 aromatic rings. The third-order valence-corrected chi connectivity index (χ3v) is 6.65. The van der Waals surface area contributed by atoms with Crippen LogP contribution in [-0.4, -0.2) is 63.4 Å². The number of piperidine rings is 1. The standard InChI is InChI=1S/C22H33N5OS/c1-5-19(25(3)4)21-23-24-22(27(21)15-18-9-7-6-8-10-18)29-16-20(28)26-13-11-17(2)12-14-26/h6-10,17,19H,5,11-16H2,1-4H3/t19-/m1/s1. The summed E-state index contributed by atoms with van der Waals surface area (Å²) in [5, 5.41) is 9.82. The van der Waals surface area contributed by atoms with Gasteiger partial charge in [-0.3, -0.25) is 9.69 Å². The van der Waals surface area contributed by atoms with Gasteiger partial charge in [0.15, 0.2) is 11.0 Å². The number of nitrogens with zero attached hydrogens (tertiary/aromatic N) is 5. The van der Waals surface area contributed by atoms with Crippen LogP contribution in [0.4, 0.5) is 0 Å². The van der Waals surface area contributed by atoms with Crippen molar-refractivity contribution in [2.45, 2.75) is 50.9 Å². The molecule has 0 N–H and O–H groups in total. The monoisotopic (exact) mass is 415 g/mol. The average molecular weight is 416 g/mol.